The van der Waals surface area contributed by atoms with E-state index in [-0.39, 0.29) is 29.5 Å². The number of nitrogens with zero attached hydrogens (tertiary/aromatic N) is 1. The highest BCUT2D eigenvalue weighted by Crippen LogP contribution is 2.35. The van der Waals surface area contributed by atoms with Gasteiger partial charge >= 0.3 is 0 Å². The standard InChI is InChI=1S/C24H26ClF2N3O2/c25-22-8-5-20(29-23(31)15-9-17(26)12-18(27)10-15)11-16(22)13-30(24(32)14-1-2-14)21-6-3-19(28)4-7-21/h5,8-12,14,19,21H,1-4,6-7,13,28H2,(H,29,31). The minimum atomic E-state index is -0.826. The molecule has 2 amide bonds. The van der Waals surface area contributed by atoms with Gasteiger partial charge in [0.15, 0.2) is 0 Å². The van der Waals surface area contributed by atoms with E-state index in [4.69, 9.17) is 17.3 Å². The van der Waals surface area contributed by atoms with Crippen LogP contribution in [0, 0.1) is 17.6 Å². The van der Waals surface area contributed by atoms with Gasteiger partial charge in [0.25, 0.3) is 5.91 Å². The van der Waals surface area contributed by atoms with Crippen LogP contribution in [0.3, 0.4) is 0 Å². The van der Waals surface area contributed by atoms with Gasteiger partial charge in [-0.25, -0.2) is 8.78 Å². The number of amides is 2. The van der Waals surface area contributed by atoms with Crippen molar-refractivity contribution in [3.63, 3.8) is 0 Å². The van der Waals surface area contributed by atoms with Crippen molar-refractivity contribution in [1.29, 1.82) is 0 Å². The molecule has 32 heavy (non-hydrogen) atoms. The monoisotopic (exact) mass is 461 g/mol. The molecule has 0 spiro atoms. The summed E-state index contributed by atoms with van der Waals surface area (Å²) in [5.41, 5.74) is 7.06. The number of nitrogens with one attached hydrogen (secondary N) is 1. The highest BCUT2D eigenvalue weighted by molar-refractivity contribution is 6.31. The third-order valence-corrected chi connectivity index (χ3v) is 6.53. The Morgan fingerprint density at radius 2 is 1.66 bits per heavy atom. The second-order valence-electron chi connectivity index (χ2n) is 8.73. The maximum Gasteiger partial charge on any atom is 0.255 e. The van der Waals surface area contributed by atoms with Crippen LogP contribution < -0.4 is 11.1 Å². The molecule has 3 N–H and O–H groups in total. The fourth-order valence-corrected chi connectivity index (χ4v) is 4.39. The third-order valence-electron chi connectivity index (χ3n) is 6.16. The average Bonchev–Trinajstić information content (AvgIpc) is 3.59. The lowest BCUT2D eigenvalue weighted by Gasteiger charge is -2.36. The molecule has 0 unspecified atom stereocenters. The number of nitrogens with two attached hydrogens (primary N) is 1. The summed E-state index contributed by atoms with van der Waals surface area (Å²) in [4.78, 5) is 27.4. The number of anilines is 1. The molecule has 0 heterocycles. The number of hydrogen-bond donors (Lipinski definition) is 2. The van der Waals surface area contributed by atoms with Crippen molar-refractivity contribution in [2.75, 3.05) is 5.32 Å². The third kappa shape index (κ3) is 5.45. The zero-order valence-electron chi connectivity index (χ0n) is 17.6. The first kappa shape index (κ1) is 22.7. The Balaban J connectivity index is 1.52. The number of carbonyl (C=O) groups is 2. The molecule has 2 fully saturated rings. The summed E-state index contributed by atoms with van der Waals surface area (Å²) >= 11 is 6.43. The second kappa shape index (κ2) is 9.55. The first-order valence-corrected chi connectivity index (χ1v) is 11.3. The van der Waals surface area contributed by atoms with Gasteiger partial charge in [-0.05, 0) is 74.4 Å². The number of halogens is 3. The first-order chi connectivity index (χ1) is 15.3. The van der Waals surface area contributed by atoms with Gasteiger partial charge in [-0.1, -0.05) is 11.6 Å². The van der Waals surface area contributed by atoms with Crippen molar-refractivity contribution < 1.29 is 18.4 Å². The molecule has 2 aromatic carbocycles. The van der Waals surface area contributed by atoms with Crippen molar-refractivity contribution in [3.05, 3.63) is 64.2 Å². The Labute approximate surface area is 190 Å². The average molecular weight is 462 g/mol. The quantitative estimate of drug-likeness (QED) is 0.643. The van der Waals surface area contributed by atoms with E-state index in [1.165, 1.54) is 0 Å². The van der Waals surface area contributed by atoms with Gasteiger partial charge in [-0.3, -0.25) is 9.59 Å². The van der Waals surface area contributed by atoms with E-state index in [0.717, 1.165) is 50.7 Å². The van der Waals surface area contributed by atoms with E-state index in [1.807, 2.05) is 4.90 Å². The molecule has 4 rings (SSSR count). The van der Waals surface area contributed by atoms with E-state index < -0.39 is 17.5 Å². The Morgan fingerprint density at radius 1 is 1.00 bits per heavy atom. The van der Waals surface area contributed by atoms with Gasteiger partial charge in [0.2, 0.25) is 5.91 Å². The van der Waals surface area contributed by atoms with Crippen LogP contribution in [-0.2, 0) is 11.3 Å². The van der Waals surface area contributed by atoms with Gasteiger partial charge < -0.3 is 16.0 Å². The number of rotatable bonds is 6. The normalized spacial score (nSPS) is 20.6. The predicted molar refractivity (Wildman–Crippen MR) is 119 cm³/mol. The Hall–Kier alpha value is -2.51. The molecule has 0 radical (unpaired) electrons. The van der Waals surface area contributed by atoms with E-state index in [9.17, 15) is 18.4 Å². The summed E-state index contributed by atoms with van der Waals surface area (Å²) in [5, 5.41) is 3.14. The molecule has 2 aliphatic carbocycles. The smallest absolute Gasteiger partial charge is 0.255 e. The topological polar surface area (TPSA) is 75.4 Å². The molecule has 0 bridgehead atoms. The largest absolute Gasteiger partial charge is 0.335 e. The van der Waals surface area contributed by atoms with Crippen molar-refractivity contribution in [1.82, 2.24) is 4.90 Å². The summed E-state index contributed by atoms with van der Waals surface area (Å²) in [6.07, 6.45) is 5.31. The molecule has 0 atom stereocenters. The Kier molecular flexibility index (Phi) is 6.76. The zero-order valence-corrected chi connectivity index (χ0v) is 18.4. The van der Waals surface area contributed by atoms with Crippen molar-refractivity contribution in [2.45, 2.75) is 57.2 Å². The molecule has 2 aromatic rings. The zero-order chi connectivity index (χ0) is 22.8. The van der Waals surface area contributed by atoms with Crippen LogP contribution in [0.25, 0.3) is 0 Å². The van der Waals surface area contributed by atoms with Crippen LogP contribution >= 0.6 is 11.6 Å². The Bertz CT molecular complexity index is 1000. The Morgan fingerprint density at radius 3 is 2.28 bits per heavy atom. The summed E-state index contributed by atoms with van der Waals surface area (Å²) < 4.78 is 26.9. The summed E-state index contributed by atoms with van der Waals surface area (Å²) in [6.45, 7) is 0.340. The SMILES string of the molecule is NC1CCC(N(Cc2cc(NC(=O)c3cc(F)cc(F)c3)ccc2Cl)C(=O)C2CC2)CC1. The molecular weight excluding hydrogens is 436 g/mol. The van der Waals surface area contributed by atoms with Crippen molar-refractivity contribution in [3.8, 4) is 0 Å². The lowest BCUT2D eigenvalue weighted by Crippen LogP contribution is -2.44. The van der Waals surface area contributed by atoms with Crippen LogP contribution in [0.5, 0.6) is 0 Å². The van der Waals surface area contributed by atoms with Gasteiger partial charge in [0, 0.05) is 46.9 Å². The van der Waals surface area contributed by atoms with Crippen molar-refractivity contribution >= 4 is 29.1 Å². The molecule has 2 saturated carbocycles. The molecule has 0 aliphatic heterocycles. The maximum absolute atomic E-state index is 13.5. The van der Waals surface area contributed by atoms with Crippen LogP contribution in [0.1, 0.15) is 54.4 Å². The molecule has 170 valence electrons. The first-order valence-electron chi connectivity index (χ1n) is 10.9. The van der Waals surface area contributed by atoms with Crippen LogP contribution in [-0.4, -0.2) is 28.8 Å². The van der Waals surface area contributed by atoms with E-state index >= 15 is 0 Å². The van der Waals surface area contributed by atoms with E-state index in [1.54, 1.807) is 18.2 Å². The highest BCUT2D eigenvalue weighted by atomic mass is 35.5. The fraction of sp³-hybridized carbons (Fsp3) is 0.417. The molecule has 0 saturated heterocycles. The van der Waals surface area contributed by atoms with E-state index in [0.29, 0.717) is 28.9 Å². The molecule has 8 heteroatoms. The van der Waals surface area contributed by atoms with Gasteiger partial charge in [0.1, 0.15) is 11.6 Å². The molecule has 0 aromatic heterocycles. The minimum Gasteiger partial charge on any atom is -0.335 e. The molecule has 5 nitrogen and oxygen atoms in total. The lowest BCUT2D eigenvalue weighted by atomic mass is 9.90. The van der Waals surface area contributed by atoms with Gasteiger partial charge in [-0.2, -0.15) is 0 Å². The minimum absolute atomic E-state index is 0.0788. The molecular formula is C24H26ClF2N3O2. The van der Waals surface area contributed by atoms with Gasteiger partial charge in [-0.15, -0.1) is 0 Å². The number of hydrogen-bond acceptors (Lipinski definition) is 3. The lowest BCUT2D eigenvalue weighted by molar-refractivity contribution is -0.136. The summed E-state index contributed by atoms with van der Waals surface area (Å²) in [6, 6.07) is 7.92. The summed E-state index contributed by atoms with van der Waals surface area (Å²) in [5.74, 6) is -2.06. The number of carbonyl (C=O) groups excluding carboxylic acids is 2. The second-order valence-corrected chi connectivity index (χ2v) is 9.13. The van der Waals surface area contributed by atoms with Crippen molar-refractivity contribution in [2.24, 2.45) is 11.7 Å². The fourth-order valence-electron chi connectivity index (χ4n) is 4.21. The van der Waals surface area contributed by atoms with E-state index in [2.05, 4.69) is 5.32 Å². The highest BCUT2D eigenvalue weighted by Gasteiger charge is 2.37. The maximum atomic E-state index is 13.5. The van der Waals surface area contributed by atoms with Crippen LogP contribution in [0.2, 0.25) is 5.02 Å². The number of benzene rings is 2. The molecule has 2 aliphatic rings. The van der Waals surface area contributed by atoms with Gasteiger partial charge in [0.05, 0.1) is 0 Å². The van der Waals surface area contributed by atoms with Crippen LogP contribution in [0.15, 0.2) is 36.4 Å². The summed E-state index contributed by atoms with van der Waals surface area (Å²) in [7, 11) is 0. The predicted octanol–water partition coefficient (Wildman–Crippen LogP) is 4.88. The van der Waals surface area contributed by atoms with Crippen LogP contribution in [0.4, 0.5) is 14.5 Å².